The van der Waals surface area contributed by atoms with E-state index in [1.165, 1.54) is 11.1 Å². The molecule has 0 N–H and O–H groups in total. The number of amides is 1. The van der Waals surface area contributed by atoms with Crippen molar-refractivity contribution in [3.63, 3.8) is 0 Å². The van der Waals surface area contributed by atoms with Gasteiger partial charge < -0.3 is 14.2 Å². The van der Waals surface area contributed by atoms with Crippen molar-refractivity contribution in [2.24, 2.45) is 5.92 Å². The molecule has 1 aliphatic rings. The second-order valence-corrected chi connectivity index (χ2v) is 8.76. The first-order chi connectivity index (χ1) is 13.9. The van der Waals surface area contributed by atoms with Gasteiger partial charge in [-0.05, 0) is 42.6 Å². The van der Waals surface area contributed by atoms with Gasteiger partial charge in [0.15, 0.2) is 5.69 Å². The number of aromatic nitrogens is 2. The van der Waals surface area contributed by atoms with E-state index in [0.29, 0.717) is 36.3 Å². The zero-order valence-electron chi connectivity index (χ0n) is 17.2. The maximum absolute atomic E-state index is 13.5. The Morgan fingerprint density at radius 2 is 1.97 bits per heavy atom. The van der Waals surface area contributed by atoms with Crippen molar-refractivity contribution in [3.8, 4) is 0 Å². The van der Waals surface area contributed by atoms with E-state index in [0.717, 1.165) is 24.3 Å². The molecule has 6 heteroatoms. The minimum absolute atomic E-state index is 0.00716. The quantitative estimate of drug-likeness (QED) is 0.630. The molecule has 2 aromatic heterocycles. The number of imidazole rings is 1. The molecule has 0 fully saturated rings. The summed E-state index contributed by atoms with van der Waals surface area (Å²) in [6.45, 7) is 7.32. The van der Waals surface area contributed by atoms with Gasteiger partial charge in [-0.3, -0.25) is 4.79 Å². The van der Waals surface area contributed by atoms with Crippen LogP contribution in [0, 0.1) is 5.92 Å². The number of halogens is 1. The molecule has 29 heavy (non-hydrogen) atoms. The van der Waals surface area contributed by atoms with Crippen LogP contribution in [0.15, 0.2) is 42.6 Å². The number of pyridine rings is 1. The van der Waals surface area contributed by atoms with Crippen LogP contribution in [0.5, 0.6) is 0 Å². The first-order valence-corrected chi connectivity index (χ1v) is 10.5. The van der Waals surface area contributed by atoms with E-state index in [1.54, 1.807) is 0 Å². The first-order valence-electron chi connectivity index (χ1n) is 10.1. The van der Waals surface area contributed by atoms with Gasteiger partial charge in [-0.15, -0.1) is 0 Å². The normalized spacial score (nSPS) is 14.1. The zero-order valence-corrected chi connectivity index (χ0v) is 18.0. The van der Waals surface area contributed by atoms with E-state index in [-0.39, 0.29) is 5.91 Å². The molecule has 1 amide bonds. The topological polar surface area (TPSA) is 40.9 Å². The number of hydrogen-bond acceptors (Lipinski definition) is 3. The number of hydrogen-bond donors (Lipinski definition) is 0. The number of carbonyl (C=O) groups is 1. The lowest BCUT2D eigenvalue weighted by Gasteiger charge is -2.29. The molecule has 3 aromatic rings. The van der Waals surface area contributed by atoms with Crippen LogP contribution >= 0.6 is 11.6 Å². The molecule has 152 valence electrons. The third-order valence-corrected chi connectivity index (χ3v) is 5.62. The Labute approximate surface area is 176 Å². The van der Waals surface area contributed by atoms with Crippen LogP contribution in [0.1, 0.15) is 41.2 Å². The molecule has 0 unspecified atom stereocenters. The highest BCUT2D eigenvalue weighted by atomic mass is 35.5. The predicted octanol–water partition coefficient (Wildman–Crippen LogP) is 4.27. The fourth-order valence-corrected chi connectivity index (χ4v) is 4.31. The van der Waals surface area contributed by atoms with Crippen molar-refractivity contribution < 1.29 is 4.79 Å². The van der Waals surface area contributed by atoms with Crippen LogP contribution in [-0.2, 0) is 19.5 Å². The molecule has 5 nitrogen and oxygen atoms in total. The Morgan fingerprint density at radius 1 is 1.21 bits per heavy atom. The lowest BCUT2D eigenvalue weighted by Crippen LogP contribution is -2.37. The average Bonchev–Trinajstić information content (AvgIpc) is 3.04. The zero-order chi connectivity index (χ0) is 20.5. The molecule has 4 rings (SSSR count). The van der Waals surface area contributed by atoms with Crippen molar-refractivity contribution in [1.29, 1.82) is 0 Å². The van der Waals surface area contributed by atoms with Gasteiger partial charge in [0.25, 0.3) is 5.91 Å². The second-order valence-electron chi connectivity index (χ2n) is 8.32. The first kappa shape index (κ1) is 19.9. The highest BCUT2D eigenvalue weighted by Gasteiger charge is 2.27. The van der Waals surface area contributed by atoms with E-state index in [2.05, 4.69) is 44.0 Å². The molecule has 0 spiro atoms. The average molecular weight is 411 g/mol. The number of nitrogens with zero attached hydrogens (tertiary/aromatic N) is 4. The van der Waals surface area contributed by atoms with Crippen molar-refractivity contribution >= 4 is 23.2 Å². The van der Waals surface area contributed by atoms with E-state index in [1.807, 2.05) is 33.7 Å². The molecular formula is C23H27ClN4O. The Balaban J connectivity index is 1.69. The smallest absolute Gasteiger partial charge is 0.274 e. The predicted molar refractivity (Wildman–Crippen MR) is 116 cm³/mol. The van der Waals surface area contributed by atoms with Gasteiger partial charge in [-0.1, -0.05) is 49.7 Å². The van der Waals surface area contributed by atoms with Crippen LogP contribution in [0.4, 0.5) is 0 Å². The number of fused-ring (bicyclic) bond motifs is 2. The van der Waals surface area contributed by atoms with Crippen LogP contribution < -0.4 is 0 Å². The van der Waals surface area contributed by atoms with Gasteiger partial charge in [0.1, 0.15) is 5.65 Å². The lowest BCUT2D eigenvalue weighted by molar-refractivity contribution is 0.0727. The maximum atomic E-state index is 13.5. The van der Waals surface area contributed by atoms with Gasteiger partial charge in [0.2, 0.25) is 0 Å². The third-order valence-electron chi connectivity index (χ3n) is 5.40. The summed E-state index contributed by atoms with van der Waals surface area (Å²) in [5.41, 5.74) is 4.73. The summed E-state index contributed by atoms with van der Waals surface area (Å²) in [4.78, 5) is 22.3. The highest BCUT2D eigenvalue weighted by Crippen LogP contribution is 2.24. The Bertz CT molecular complexity index is 1040. The van der Waals surface area contributed by atoms with E-state index in [4.69, 9.17) is 16.6 Å². The highest BCUT2D eigenvalue weighted by molar-refractivity contribution is 6.30. The summed E-state index contributed by atoms with van der Waals surface area (Å²) in [5.74, 6) is 0.535. The summed E-state index contributed by atoms with van der Waals surface area (Å²) in [6.07, 6.45) is 2.73. The SMILES string of the molecule is CC(C)CN(C)Cc1c(C(=O)N2CCc3ccccc3C2)nc2ccc(Cl)cn12. The maximum Gasteiger partial charge on any atom is 0.274 e. The molecule has 0 bridgehead atoms. The lowest BCUT2D eigenvalue weighted by atomic mass is 9.99. The van der Waals surface area contributed by atoms with Gasteiger partial charge in [-0.2, -0.15) is 0 Å². The summed E-state index contributed by atoms with van der Waals surface area (Å²) >= 11 is 6.25. The minimum Gasteiger partial charge on any atom is -0.333 e. The van der Waals surface area contributed by atoms with Crippen molar-refractivity contribution in [1.82, 2.24) is 19.2 Å². The molecule has 0 radical (unpaired) electrons. The number of carbonyl (C=O) groups excluding carboxylic acids is 1. The fraction of sp³-hybridized carbons (Fsp3) is 0.391. The van der Waals surface area contributed by atoms with Gasteiger partial charge in [0, 0.05) is 32.4 Å². The fourth-order valence-electron chi connectivity index (χ4n) is 4.15. The van der Waals surface area contributed by atoms with Crippen LogP contribution in [-0.4, -0.2) is 45.2 Å². The van der Waals surface area contributed by atoms with E-state index >= 15 is 0 Å². The van der Waals surface area contributed by atoms with Crippen LogP contribution in [0.2, 0.25) is 5.02 Å². The van der Waals surface area contributed by atoms with Crippen molar-refractivity contribution in [3.05, 3.63) is 70.1 Å². The standard InChI is InChI=1S/C23H27ClN4O/c1-16(2)12-26(3)15-20-22(25-21-9-8-19(24)14-28(20)21)23(29)27-11-10-17-6-4-5-7-18(17)13-27/h4-9,14,16H,10-13,15H2,1-3H3. The Hall–Kier alpha value is -2.37. The summed E-state index contributed by atoms with van der Waals surface area (Å²) < 4.78 is 1.96. The summed E-state index contributed by atoms with van der Waals surface area (Å²) in [6, 6.07) is 12.0. The van der Waals surface area contributed by atoms with Crippen molar-refractivity contribution in [2.45, 2.75) is 33.4 Å². The van der Waals surface area contributed by atoms with Gasteiger partial charge in [-0.25, -0.2) is 4.98 Å². The molecule has 3 heterocycles. The van der Waals surface area contributed by atoms with E-state index < -0.39 is 0 Å². The molecule has 0 aliphatic carbocycles. The van der Waals surface area contributed by atoms with Crippen LogP contribution in [0.25, 0.3) is 5.65 Å². The molecule has 1 aliphatic heterocycles. The molecule has 0 saturated carbocycles. The number of benzene rings is 1. The molecule has 0 saturated heterocycles. The molecular weight excluding hydrogens is 384 g/mol. The van der Waals surface area contributed by atoms with Gasteiger partial charge >= 0.3 is 0 Å². The monoisotopic (exact) mass is 410 g/mol. The molecule has 1 aromatic carbocycles. The van der Waals surface area contributed by atoms with Crippen LogP contribution in [0.3, 0.4) is 0 Å². The van der Waals surface area contributed by atoms with Crippen molar-refractivity contribution in [2.75, 3.05) is 20.1 Å². The second kappa shape index (κ2) is 8.17. The Morgan fingerprint density at radius 3 is 2.72 bits per heavy atom. The summed E-state index contributed by atoms with van der Waals surface area (Å²) in [7, 11) is 2.08. The minimum atomic E-state index is -0.00716. The summed E-state index contributed by atoms with van der Waals surface area (Å²) in [5, 5.41) is 0.633. The third kappa shape index (κ3) is 4.16. The van der Waals surface area contributed by atoms with E-state index in [9.17, 15) is 4.79 Å². The van der Waals surface area contributed by atoms with Gasteiger partial charge in [0.05, 0.1) is 10.7 Å². The number of rotatable bonds is 5. The largest absolute Gasteiger partial charge is 0.333 e. The molecule has 0 atom stereocenters. The Kier molecular flexibility index (Phi) is 5.61.